The Hall–Kier alpha value is -2.84. The summed E-state index contributed by atoms with van der Waals surface area (Å²) in [6.45, 7) is 6.75. The van der Waals surface area contributed by atoms with Crippen molar-refractivity contribution in [2.45, 2.75) is 13.5 Å². The van der Waals surface area contributed by atoms with Crippen molar-refractivity contribution in [3.05, 3.63) is 64.8 Å². The maximum Gasteiger partial charge on any atom is 0.180 e. The summed E-state index contributed by atoms with van der Waals surface area (Å²) < 4.78 is 15.7. The van der Waals surface area contributed by atoms with Gasteiger partial charge in [0.2, 0.25) is 0 Å². The maximum atomic E-state index is 13.7. The fraction of sp³-hybridized carbons (Fsp3) is 0.286. The van der Waals surface area contributed by atoms with Crippen LogP contribution in [0.15, 0.2) is 48.4 Å². The van der Waals surface area contributed by atoms with E-state index in [4.69, 9.17) is 0 Å². The lowest BCUT2D eigenvalue weighted by Gasteiger charge is -2.35. The molecule has 0 saturated carbocycles. The topological polar surface area (TPSA) is 49.6 Å². The highest BCUT2D eigenvalue weighted by Gasteiger charge is 2.22. The molecule has 5 rings (SSSR count). The molecule has 0 amide bonds. The van der Waals surface area contributed by atoms with E-state index in [0.717, 1.165) is 61.1 Å². The van der Waals surface area contributed by atoms with Crippen LogP contribution in [0.4, 0.5) is 10.2 Å². The van der Waals surface area contributed by atoms with E-state index in [1.165, 1.54) is 17.0 Å². The summed E-state index contributed by atoms with van der Waals surface area (Å²) in [6.07, 6.45) is 5.47. The molecule has 6 nitrogen and oxygen atoms in total. The number of fused-ring (bicyclic) bond motifs is 1. The largest absolute Gasteiger partial charge is 0.351 e. The zero-order valence-corrected chi connectivity index (χ0v) is 16.9. The normalized spacial score (nSPS) is 15.3. The molecular weight excluding hydrogens is 387 g/mol. The van der Waals surface area contributed by atoms with Gasteiger partial charge in [0, 0.05) is 55.6 Å². The van der Waals surface area contributed by atoms with E-state index in [9.17, 15) is 4.39 Å². The predicted molar refractivity (Wildman–Crippen MR) is 113 cm³/mol. The molecule has 0 aliphatic carbocycles. The molecule has 0 spiro atoms. The third-order valence-corrected chi connectivity index (χ3v) is 6.33. The van der Waals surface area contributed by atoms with Gasteiger partial charge in [0.1, 0.15) is 5.82 Å². The van der Waals surface area contributed by atoms with Crippen molar-refractivity contribution < 1.29 is 4.39 Å². The van der Waals surface area contributed by atoms with Crippen molar-refractivity contribution in [1.29, 1.82) is 0 Å². The molecule has 4 aromatic rings. The highest BCUT2D eigenvalue weighted by atomic mass is 32.1. The number of benzene rings is 1. The van der Waals surface area contributed by atoms with Crippen LogP contribution in [0.2, 0.25) is 0 Å². The van der Waals surface area contributed by atoms with E-state index in [1.54, 1.807) is 29.8 Å². The molecule has 1 saturated heterocycles. The Kier molecular flexibility index (Phi) is 4.73. The highest BCUT2D eigenvalue weighted by molar-refractivity contribution is 7.09. The van der Waals surface area contributed by atoms with Crippen molar-refractivity contribution in [1.82, 2.24) is 24.3 Å². The van der Waals surface area contributed by atoms with Crippen LogP contribution in [0.25, 0.3) is 16.9 Å². The molecule has 148 valence electrons. The summed E-state index contributed by atoms with van der Waals surface area (Å²) in [5, 5.41) is 0. The molecule has 0 unspecified atom stereocenters. The summed E-state index contributed by atoms with van der Waals surface area (Å²) in [4.78, 5) is 19.7. The van der Waals surface area contributed by atoms with Crippen LogP contribution >= 0.6 is 11.3 Å². The SMILES string of the molecule is Cc1ncsc1CN1CCN(c2nccn3c(-c4cccc(F)c4)cnc23)CC1. The summed E-state index contributed by atoms with van der Waals surface area (Å²) in [6, 6.07) is 6.60. The number of nitrogens with zero attached hydrogens (tertiary/aromatic N) is 6. The third-order valence-electron chi connectivity index (χ3n) is 5.41. The second-order valence-corrected chi connectivity index (χ2v) is 8.16. The minimum absolute atomic E-state index is 0.251. The van der Waals surface area contributed by atoms with Crippen molar-refractivity contribution in [2.75, 3.05) is 31.1 Å². The third kappa shape index (κ3) is 3.49. The molecule has 0 atom stereocenters. The average molecular weight is 409 g/mol. The Morgan fingerprint density at radius 3 is 2.72 bits per heavy atom. The Balaban J connectivity index is 1.37. The number of anilines is 1. The lowest BCUT2D eigenvalue weighted by molar-refractivity contribution is 0.251. The second kappa shape index (κ2) is 7.53. The molecular formula is C21H21FN6S. The molecule has 4 heterocycles. The number of rotatable bonds is 4. The van der Waals surface area contributed by atoms with Gasteiger partial charge in [0.05, 0.1) is 23.1 Å². The maximum absolute atomic E-state index is 13.7. The number of aryl methyl sites for hydroxylation is 1. The van der Waals surface area contributed by atoms with E-state index in [1.807, 2.05) is 22.2 Å². The summed E-state index contributed by atoms with van der Waals surface area (Å²) in [5.41, 5.74) is 5.52. The molecule has 1 fully saturated rings. The summed E-state index contributed by atoms with van der Waals surface area (Å²) >= 11 is 1.73. The smallest absolute Gasteiger partial charge is 0.180 e. The Labute approximate surface area is 172 Å². The molecule has 8 heteroatoms. The number of hydrogen-bond donors (Lipinski definition) is 0. The number of imidazole rings is 1. The van der Waals surface area contributed by atoms with E-state index < -0.39 is 0 Å². The van der Waals surface area contributed by atoms with Gasteiger partial charge in [-0.3, -0.25) is 9.30 Å². The van der Waals surface area contributed by atoms with Gasteiger partial charge in [-0.25, -0.2) is 19.3 Å². The first-order valence-corrected chi connectivity index (χ1v) is 10.5. The number of hydrogen-bond acceptors (Lipinski definition) is 6. The van der Waals surface area contributed by atoms with Crippen molar-refractivity contribution in [2.24, 2.45) is 0 Å². The fourth-order valence-corrected chi connectivity index (χ4v) is 4.61. The Morgan fingerprint density at radius 1 is 1.10 bits per heavy atom. The van der Waals surface area contributed by atoms with E-state index in [0.29, 0.717) is 0 Å². The molecule has 0 radical (unpaired) electrons. The minimum Gasteiger partial charge on any atom is -0.351 e. The van der Waals surface area contributed by atoms with Crippen LogP contribution in [0.1, 0.15) is 10.6 Å². The highest BCUT2D eigenvalue weighted by Crippen LogP contribution is 2.26. The average Bonchev–Trinajstić information content (AvgIpc) is 3.35. The van der Waals surface area contributed by atoms with Gasteiger partial charge in [-0.2, -0.15) is 0 Å². The zero-order valence-electron chi connectivity index (χ0n) is 16.1. The zero-order chi connectivity index (χ0) is 19.8. The molecule has 1 aliphatic rings. The molecule has 1 aliphatic heterocycles. The fourth-order valence-electron chi connectivity index (χ4n) is 3.79. The summed E-state index contributed by atoms with van der Waals surface area (Å²) in [5.74, 6) is 0.628. The van der Waals surface area contributed by atoms with E-state index in [-0.39, 0.29) is 5.82 Å². The second-order valence-electron chi connectivity index (χ2n) is 7.22. The molecule has 1 aromatic carbocycles. The van der Waals surface area contributed by atoms with Gasteiger partial charge in [-0.1, -0.05) is 12.1 Å². The van der Waals surface area contributed by atoms with Gasteiger partial charge in [0.25, 0.3) is 0 Å². The quantitative estimate of drug-likeness (QED) is 0.516. The van der Waals surface area contributed by atoms with Crippen LogP contribution in [0.3, 0.4) is 0 Å². The Bertz CT molecular complexity index is 1150. The minimum atomic E-state index is -0.251. The first-order chi connectivity index (χ1) is 14.2. The number of halogens is 1. The molecule has 0 bridgehead atoms. The van der Waals surface area contributed by atoms with E-state index >= 15 is 0 Å². The lowest BCUT2D eigenvalue weighted by Crippen LogP contribution is -2.46. The van der Waals surface area contributed by atoms with Crippen LogP contribution in [-0.2, 0) is 6.54 Å². The number of piperazine rings is 1. The van der Waals surface area contributed by atoms with Crippen molar-refractivity contribution in [3.8, 4) is 11.3 Å². The monoisotopic (exact) mass is 408 g/mol. The Morgan fingerprint density at radius 2 is 1.97 bits per heavy atom. The van der Waals surface area contributed by atoms with Gasteiger partial charge in [-0.05, 0) is 19.1 Å². The number of thiazole rings is 1. The molecule has 0 N–H and O–H groups in total. The van der Waals surface area contributed by atoms with Gasteiger partial charge in [-0.15, -0.1) is 11.3 Å². The van der Waals surface area contributed by atoms with Gasteiger partial charge >= 0.3 is 0 Å². The first-order valence-electron chi connectivity index (χ1n) is 9.63. The van der Waals surface area contributed by atoms with Crippen LogP contribution in [0, 0.1) is 12.7 Å². The van der Waals surface area contributed by atoms with Gasteiger partial charge < -0.3 is 4.90 Å². The van der Waals surface area contributed by atoms with Crippen LogP contribution in [0.5, 0.6) is 0 Å². The van der Waals surface area contributed by atoms with Crippen LogP contribution < -0.4 is 4.90 Å². The van der Waals surface area contributed by atoms with Crippen molar-refractivity contribution >= 4 is 22.8 Å². The first kappa shape index (κ1) is 18.2. The predicted octanol–water partition coefficient (Wildman–Crippen LogP) is 3.62. The van der Waals surface area contributed by atoms with Gasteiger partial charge in [0.15, 0.2) is 11.5 Å². The number of aromatic nitrogens is 4. The molecule has 3 aromatic heterocycles. The molecule has 29 heavy (non-hydrogen) atoms. The lowest BCUT2D eigenvalue weighted by atomic mass is 10.1. The van der Waals surface area contributed by atoms with E-state index in [2.05, 4.69) is 31.7 Å². The van der Waals surface area contributed by atoms with Crippen LogP contribution in [-0.4, -0.2) is 50.4 Å². The van der Waals surface area contributed by atoms with Crippen molar-refractivity contribution in [3.63, 3.8) is 0 Å². The standard InChI is InChI=1S/C21H21FN6S/c1-15-19(29-14-25-15)13-26-7-9-27(10-8-26)20-21-24-12-18(28(21)6-5-23-20)16-3-2-4-17(22)11-16/h2-6,11-12,14H,7-10,13H2,1H3. The summed E-state index contributed by atoms with van der Waals surface area (Å²) in [7, 11) is 0.